The third-order valence-electron chi connectivity index (χ3n) is 4.46. The average molecular weight is 404 g/mol. The predicted octanol–water partition coefficient (Wildman–Crippen LogP) is 2.93. The lowest BCUT2D eigenvalue weighted by atomic mass is 10.1. The van der Waals surface area contributed by atoms with Crippen LogP contribution >= 0.6 is 0 Å². The van der Waals surface area contributed by atoms with Crippen molar-refractivity contribution >= 4 is 23.6 Å². The van der Waals surface area contributed by atoms with Crippen molar-refractivity contribution in [2.75, 3.05) is 5.32 Å². The maximum absolute atomic E-state index is 11.6. The molecule has 1 aromatic carbocycles. The first kappa shape index (κ1) is 18.9. The van der Waals surface area contributed by atoms with Crippen molar-refractivity contribution in [2.45, 2.75) is 13.8 Å². The van der Waals surface area contributed by atoms with Gasteiger partial charge in [-0.05, 0) is 31.5 Å². The van der Waals surface area contributed by atoms with Gasteiger partial charge in [0.25, 0.3) is 5.69 Å². The van der Waals surface area contributed by atoms with E-state index < -0.39 is 4.92 Å². The van der Waals surface area contributed by atoms with Gasteiger partial charge < -0.3 is 5.32 Å². The monoisotopic (exact) mass is 404 g/mol. The van der Waals surface area contributed by atoms with Gasteiger partial charge in [0.1, 0.15) is 5.69 Å². The van der Waals surface area contributed by atoms with E-state index in [1.807, 2.05) is 6.92 Å². The summed E-state index contributed by atoms with van der Waals surface area (Å²) >= 11 is 0. The van der Waals surface area contributed by atoms with Crippen LogP contribution in [0.2, 0.25) is 0 Å². The lowest BCUT2D eigenvalue weighted by Crippen LogP contribution is -2.06. The highest BCUT2D eigenvalue weighted by molar-refractivity contribution is 5.76. The highest BCUT2D eigenvalue weighted by atomic mass is 16.6. The predicted molar refractivity (Wildman–Crippen MR) is 108 cm³/mol. The average Bonchev–Trinajstić information content (AvgIpc) is 3.39. The maximum atomic E-state index is 11.6. The zero-order chi connectivity index (χ0) is 21.3. The van der Waals surface area contributed by atoms with Crippen molar-refractivity contribution in [3.63, 3.8) is 0 Å². The lowest BCUT2D eigenvalue weighted by molar-refractivity contribution is -0.384. The first-order valence-corrected chi connectivity index (χ1v) is 8.87. The van der Waals surface area contributed by atoms with Gasteiger partial charge in [0.2, 0.25) is 5.95 Å². The molecule has 0 saturated heterocycles. The van der Waals surface area contributed by atoms with Crippen molar-refractivity contribution in [2.24, 2.45) is 0 Å². The van der Waals surface area contributed by atoms with Gasteiger partial charge in [0.05, 0.1) is 21.9 Å². The molecule has 0 saturated carbocycles. The summed E-state index contributed by atoms with van der Waals surface area (Å²) < 4.78 is 2.92. The third kappa shape index (κ3) is 3.51. The fourth-order valence-electron chi connectivity index (χ4n) is 2.92. The smallest absolute Gasteiger partial charge is 0.296 e. The van der Waals surface area contributed by atoms with E-state index in [1.165, 1.54) is 21.6 Å². The molecule has 0 radical (unpaired) electrons. The van der Waals surface area contributed by atoms with E-state index in [9.17, 15) is 14.9 Å². The molecule has 150 valence electrons. The van der Waals surface area contributed by atoms with Gasteiger partial charge in [-0.2, -0.15) is 15.2 Å². The number of anilines is 2. The molecule has 0 aliphatic heterocycles. The first-order valence-electron chi connectivity index (χ1n) is 8.87. The molecule has 0 amide bonds. The van der Waals surface area contributed by atoms with Crippen molar-refractivity contribution < 1.29 is 9.72 Å². The molecule has 11 nitrogen and oxygen atoms in total. The zero-order valence-corrected chi connectivity index (χ0v) is 16.1. The quantitative estimate of drug-likeness (QED) is 0.294. The number of aryl methyl sites for hydroxylation is 2. The molecule has 0 bridgehead atoms. The number of aromatic nitrogens is 6. The summed E-state index contributed by atoms with van der Waals surface area (Å²) in [6.45, 7) is 3.54. The Labute approximate surface area is 170 Å². The fourth-order valence-corrected chi connectivity index (χ4v) is 2.92. The van der Waals surface area contributed by atoms with Gasteiger partial charge in [0, 0.05) is 36.9 Å². The Morgan fingerprint density at radius 2 is 2.03 bits per heavy atom. The van der Waals surface area contributed by atoms with Gasteiger partial charge in [-0.1, -0.05) is 0 Å². The second kappa shape index (κ2) is 7.54. The van der Waals surface area contributed by atoms with Crippen LogP contribution in [0.4, 0.5) is 17.3 Å². The van der Waals surface area contributed by atoms with Crippen molar-refractivity contribution in [3.8, 4) is 11.5 Å². The maximum Gasteiger partial charge on any atom is 0.296 e. The van der Waals surface area contributed by atoms with Crippen LogP contribution in [0.1, 0.15) is 21.6 Å². The molecule has 0 spiro atoms. The van der Waals surface area contributed by atoms with E-state index in [1.54, 1.807) is 43.7 Å². The summed E-state index contributed by atoms with van der Waals surface area (Å²) in [7, 11) is 0. The molecule has 3 aromatic heterocycles. The molecule has 0 aliphatic carbocycles. The largest absolute Gasteiger partial charge is 0.324 e. The minimum absolute atomic E-state index is 0.110. The normalized spacial score (nSPS) is 10.7. The summed E-state index contributed by atoms with van der Waals surface area (Å²) in [5.74, 6) is 0.682. The Morgan fingerprint density at radius 1 is 1.20 bits per heavy atom. The minimum Gasteiger partial charge on any atom is -0.324 e. The van der Waals surface area contributed by atoms with Crippen LogP contribution in [0, 0.1) is 24.0 Å². The topological polar surface area (TPSA) is 134 Å². The highest BCUT2D eigenvalue weighted by Gasteiger charge is 2.19. The summed E-state index contributed by atoms with van der Waals surface area (Å²) in [6.07, 6.45) is 7.02. The van der Waals surface area contributed by atoms with E-state index in [4.69, 9.17) is 0 Å². The van der Waals surface area contributed by atoms with E-state index in [-0.39, 0.29) is 11.6 Å². The highest BCUT2D eigenvalue weighted by Crippen LogP contribution is 2.30. The van der Waals surface area contributed by atoms with E-state index in [0.29, 0.717) is 28.5 Å². The summed E-state index contributed by atoms with van der Waals surface area (Å²) in [5, 5.41) is 23.0. The first-order chi connectivity index (χ1) is 14.5. The number of nitro benzene ring substituents is 1. The zero-order valence-electron chi connectivity index (χ0n) is 16.1. The van der Waals surface area contributed by atoms with Crippen LogP contribution in [-0.2, 0) is 0 Å². The number of hydrogen-bond donors (Lipinski definition) is 1. The number of carbonyl (C=O) groups is 1. The molecule has 4 aromatic rings. The number of aldehydes is 1. The Kier molecular flexibility index (Phi) is 4.76. The van der Waals surface area contributed by atoms with E-state index >= 15 is 0 Å². The van der Waals surface area contributed by atoms with Gasteiger partial charge >= 0.3 is 0 Å². The Morgan fingerprint density at radius 3 is 2.70 bits per heavy atom. The second-order valence-corrected chi connectivity index (χ2v) is 6.46. The minimum atomic E-state index is -0.466. The number of nitro groups is 1. The van der Waals surface area contributed by atoms with Gasteiger partial charge in [0.15, 0.2) is 12.1 Å². The third-order valence-corrected chi connectivity index (χ3v) is 4.46. The van der Waals surface area contributed by atoms with Crippen LogP contribution in [0.25, 0.3) is 11.5 Å². The second-order valence-electron chi connectivity index (χ2n) is 6.46. The molecule has 0 fully saturated rings. The van der Waals surface area contributed by atoms with Crippen LogP contribution in [-0.4, -0.2) is 40.7 Å². The molecule has 30 heavy (non-hydrogen) atoms. The molecular weight excluding hydrogens is 388 g/mol. The lowest BCUT2D eigenvalue weighted by Gasteiger charge is -2.11. The SMILES string of the molecule is Cc1cc(-n2cccn2)c([N+](=O)[O-])cc1Nc1nccc(-n2cc(C=O)c(C)n2)n1. The number of hydrogen-bond acceptors (Lipinski definition) is 8. The van der Waals surface area contributed by atoms with E-state index in [2.05, 4.69) is 25.5 Å². The summed E-state index contributed by atoms with van der Waals surface area (Å²) in [4.78, 5) is 30.8. The molecule has 0 atom stereocenters. The van der Waals surface area contributed by atoms with Gasteiger partial charge in [-0.15, -0.1) is 0 Å². The Bertz CT molecular complexity index is 1250. The standard InChI is InChI=1S/C19H16N8O3/c1-12-8-16(25-7-3-5-21-25)17(27(29)30)9-15(12)22-19-20-6-4-18(23-19)26-10-14(11-28)13(2)24-26/h3-11H,1-2H3,(H,20,22,23). The van der Waals surface area contributed by atoms with Crippen molar-refractivity contribution in [1.82, 2.24) is 29.5 Å². The number of nitrogens with one attached hydrogen (secondary N) is 1. The number of carbonyl (C=O) groups excluding carboxylic acids is 1. The molecular formula is C19H16N8O3. The Hall–Kier alpha value is -4.41. The van der Waals surface area contributed by atoms with Gasteiger partial charge in [-0.25, -0.2) is 14.3 Å². The van der Waals surface area contributed by atoms with Crippen LogP contribution < -0.4 is 5.32 Å². The van der Waals surface area contributed by atoms with E-state index in [0.717, 1.165) is 11.8 Å². The number of benzene rings is 1. The molecule has 0 aliphatic rings. The summed E-state index contributed by atoms with van der Waals surface area (Å²) in [5.41, 5.74) is 2.53. The molecule has 4 rings (SSSR count). The summed E-state index contributed by atoms with van der Waals surface area (Å²) in [6, 6.07) is 6.43. The number of nitrogens with zero attached hydrogens (tertiary/aromatic N) is 7. The van der Waals surface area contributed by atoms with Crippen LogP contribution in [0.5, 0.6) is 0 Å². The number of rotatable bonds is 6. The van der Waals surface area contributed by atoms with Crippen molar-refractivity contribution in [1.29, 1.82) is 0 Å². The fraction of sp³-hybridized carbons (Fsp3) is 0.105. The van der Waals surface area contributed by atoms with Crippen LogP contribution in [0.3, 0.4) is 0 Å². The molecule has 1 N–H and O–H groups in total. The molecule has 0 unspecified atom stereocenters. The molecule has 11 heteroatoms. The Balaban J connectivity index is 1.70. The van der Waals surface area contributed by atoms with Gasteiger partial charge in [-0.3, -0.25) is 14.9 Å². The van der Waals surface area contributed by atoms with Crippen LogP contribution in [0.15, 0.2) is 49.1 Å². The molecule has 3 heterocycles. The van der Waals surface area contributed by atoms with Crippen molar-refractivity contribution in [3.05, 3.63) is 76.0 Å².